The molecule has 1 saturated heterocycles. The molecule has 1 aromatic carbocycles. The normalized spacial score (nSPS) is 17.9. The molecule has 2 N–H and O–H groups in total. The van der Waals surface area contributed by atoms with Crippen molar-refractivity contribution in [2.45, 2.75) is 51.1 Å². The summed E-state index contributed by atoms with van der Waals surface area (Å²) in [6.45, 7) is 3.29. The van der Waals surface area contributed by atoms with Crippen LogP contribution in [-0.4, -0.2) is 45.1 Å². The van der Waals surface area contributed by atoms with E-state index in [2.05, 4.69) is 43.6 Å². The van der Waals surface area contributed by atoms with Crippen molar-refractivity contribution in [2.75, 3.05) is 13.1 Å². The molecule has 3 aromatic rings. The molecule has 1 amide bonds. The lowest BCUT2D eigenvalue weighted by molar-refractivity contribution is 0.0924. The molecule has 0 spiro atoms. The average Bonchev–Trinajstić information content (AvgIpc) is 3.15. The van der Waals surface area contributed by atoms with Crippen molar-refractivity contribution in [1.29, 1.82) is 0 Å². The van der Waals surface area contributed by atoms with Gasteiger partial charge in [-0.05, 0) is 61.7 Å². The number of benzene rings is 1. The van der Waals surface area contributed by atoms with Gasteiger partial charge in [0.15, 0.2) is 5.69 Å². The van der Waals surface area contributed by atoms with Crippen LogP contribution in [0, 0.1) is 0 Å². The fourth-order valence-electron chi connectivity index (χ4n) is 4.40. The first kappa shape index (κ1) is 18.3. The third-order valence-electron chi connectivity index (χ3n) is 6.20. The number of H-pyrrole nitrogens is 1. The van der Waals surface area contributed by atoms with E-state index in [4.69, 9.17) is 0 Å². The highest BCUT2D eigenvalue weighted by Crippen LogP contribution is 2.27. The molecule has 29 heavy (non-hydrogen) atoms. The lowest BCUT2D eigenvalue weighted by Gasteiger charge is -2.30. The van der Waals surface area contributed by atoms with Gasteiger partial charge in [0.05, 0.1) is 5.52 Å². The molecule has 5 rings (SSSR count). The minimum Gasteiger partial charge on any atom is -0.348 e. The minimum atomic E-state index is -0.0787. The van der Waals surface area contributed by atoms with Crippen LogP contribution < -0.4 is 5.32 Å². The summed E-state index contributed by atoms with van der Waals surface area (Å²) in [5.41, 5.74) is 4.72. The van der Waals surface area contributed by atoms with Crippen LogP contribution in [0.2, 0.25) is 0 Å². The maximum absolute atomic E-state index is 12.8. The predicted molar refractivity (Wildman–Crippen MR) is 114 cm³/mol. The average molecular weight is 390 g/mol. The highest BCUT2D eigenvalue weighted by Gasteiger charge is 2.20. The van der Waals surface area contributed by atoms with Gasteiger partial charge >= 0.3 is 0 Å². The first-order chi connectivity index (χ1) is 14.3. The predicted octanol–water partition coefficient (Wildman–Crippen LogP) is 3.89. The monoisotopic (exact) mass is 389 g/mol. The maximum atomic E-state index is 12.8. The Morgan fingerprint density at radius 2 is 1.93 bits per heavy atom. The van der Waals surface area contributed by atoms with E-state index in [9.17, 15) is 4.79 Å². The number of aromatic amines is 1. The number of carbonyl (C=O) groups is 1. The smallest absolute Gasteiger partial charge is 0.272 e. The summed E-state index contributed by atoms with van der Waals surface area (Å²) >= 11 is 0. The van der Waals surface area contributed by atoms with Gasteiger partial charge in [0.25, 0.3) is 5.91 Å². The van der Waals surface area contributed by atoms with Crippen LogP contribution in [0.1, 0.15) is 54.6 Å². The lowest BCUT2D eigenvalue weighted by Crippen LogP contribution is -2.36. The molecule has 150 valence electrons. The molecule has 0 bridgehead atoms. The molecule has 3 heterocycles. The van der Waals surface area contributed by atoms with Gasteiger partial charge in [0.1, 0.15) is 0 Å². The van der Waals surface area contributed by atoms with E-state index in [1.165, 1.54) is 44.3 Å². The molecule has 0 unspecified atom stereocenters. The maximum Gasteiger partial charge on any atom is 0.272 e. The molecule has 1 aliphatic heterocycles. The van der Waals surface area contributed by atoms with Gasteiger partial charge in [0.2, 0.25) is 0 Å². The highest BCUT2D eigenvalue weighted by molar-refractivity contribution is 6.05. The molecule has 2 fully saturated rings. The number of hydrogen-bond donors (Lipinski definition) is 2. The first-order valence-electron chi connectivity index (χ1n) is 10.7. The van der Waals surface area contributed by atoms with Crippen molar-refractivity contribution in [1.82, 2.24) is 25.4 Å². The Balaban J connectivity index is 1.40. The van der Waals surface area contributed by atoms with Gasteiger partial charge in [-0.2, -0.15) is 5.10 Å². The summed E-state index contributed by atoms with van der Waals surface area (Å²) in [5.74, 6) is -0.0787. The second-order valence-electron chi connectivity index (χ2n) is 8.35. The third-order valence-corrected chi connectivity index (χ3v) is 6.20. The standard InChI is InChI=1S/C23H27N5O/c29-23(25-19-5-2-1-3-6-19)22-20-12-17(7-8-21(20)26-27-22)18-11-16(13-24-14-18)15-28-9-4-10-28/h7-8,11-14,19H,1-6,9-10,15H2,(H,25,29)(H,26,27). The third kappa shape index (κ3) is 3.90. The van der Waals surface area contributed by atoms with Gasteiger partial charge in [0, 0.05) is 35.9 Å². The van der Waals surface area contributed by atoms with Crippen molar-refractivity contribution in [3.05, 3.63) is 47.9 Å². The van der Waals surface area contributed by atoms with Crippen molar-refractivity contribution >= 4 is 16.8 Å². The molecule has 1 saturated carbocycles. The SMILES string of the molecule is O=C(NC1CCCCC1)c1n[nH]c2ccc(-c3cncc(CN4CCC4)c3)cc12. The van der Waals surface area contributed by atoms with E-state index in [0.29, 0.717) is 5.69 Å². The number of pyridine rings is 1. The molecule has 6 heteroatoms. The molecule has 0 atom stereocenters. The van der Waals surface area contributed by atoms with Crippen LogP contribution in [0.15, 0.2) is 36.7 Å². The van der Waals surface area contributed by atoms with E-state index in [0.717, 1.165) is 41.4 Å². The summed E-state index contributed by atoms with van der Waals surface area (Å²) in [6, 6.07) is 8.59. The molecule has 2 aromatic heterocycles. The van der Waals surface area contributed by atoms with Crippen LogP contribution >= 0.6 is 0 Å². The molecule has 2 aliphatic rings. The minimum absolute atomic E-state index is 0.0787. The number of hydrogen-bond acceptors (Lipinski definition) is 4. The molecule has 1 aliphatic carbocycles. The summed E-state index contributed by atoms with van der Waals surface area (Å²) < 4.78 is 0. The van der Waals surface area contributed by atoms with Gasteiger partial charge in [-0.1, -0.05) is 25.3 Å². The van der Waals surface area contributed by atoms with Crippen molar-refractivity contribution in [3.63, 3.8) is 0 Å². The molecular formula is C23H27N5O. The fourth-order valence-corrected chi connectivity index (χ4v) is 4.40. The van der Waals surface area contributed by atoms with Gasteiger partial charge < -0.3 is 5.32 Å². The second-order valence-corrected chi connectivity index (χ2v) is 8.35. The highest BCUT2D eigenvalue weighted by atomic mass is 16.2. The second kappa shape index (κ2) is 7.95. The largest absolute Gasteiger partial charge is 0.348 e. The molecule has 6 nitrogen and oxygen atoms in total. The molecule has 0 radical (unpaired) electrons. The van der Waals surface area contributed by atoms with Crippen LogP contribution in [0.5, 0.6) is 0 Å². The quantitative estimate of drug-likeness (QED) is 0.694. The van der Waals surface area contributed by atoms with E-state index < -0.39 is 0 Å². The zero-order valence-electron chi connectivity index (χ0n) is 16.7. The topological polar surface area (TPSA) is 73.9 Å². The van der Waals surface area contributed by atoms with E-state index >= 15 is 0 Å². The Labute approximate surface area is 170 Å². The number of aromatic nitrogens is 3. The number of likely N-dealkylation sites (tertiary alicyclic amines) is 1. The van der Waals surface area contributed by atoms with Crippen LogP contribution in [0.25, 0.3) is 22.0 Å². The van der Waals surface area contributed by atoms with Crippen molar-refractivity contribution in [3.8, 4) is 11.1 Å². The zero-order chi connectivity index (χ0) is 19.6. The van der Waals surface area contributed by atoms with Crippen molar-refractivity contribution in [2.24, 2.45) is 0 Å². The van der Waals surface area contributed by atoms with Crippen molar-refractivity contribution < 1.29 is 4.79 Å². The Hall–Kier alpha value is -2.73. The van der Waals surface area contributed by atoms with Gasteiger partial charge in [-0.15, -0.1) is 0 Å². The summed E-state index contributed by atoms with van der Waals surface area (Å²) in [6.07, 6.45) is 10.9. The summed E-state index contributed by atoms with van der Waals surface area (Å²) in [4.78, 5) is 19.7. The van der Waals surface area contributed by atoms with Gasteiger partial charge in [-0.25, -0.2) is 0 Å². The van der Waals surface area contributed by atoms with Gasteiger partial charge in [-0.3, -0.25) is 19.8 Å². The number of nitrogens with zero attached hydrogens (tertiary/aromatic N) is 3. The van der Waals surface area contributed by atoms with E-state index in [-0.39, 0.29) is 11.9 Å². The Morgan fingerprint density at radius 1 is 1.07 bits per heavy atom. The number of fused-ring (bicyclic) bond motifs is 1. The Morgan fingerprint density at radius 3 is 2.72 bits per heavy atom. The van der Waals surface area contributed by atoms with E-state index in [1.54, 1.807) is 0 Å². The first-order valence-corrected chi connectivity index (χ1v) is 10.7. The molecular weight excluding hydrogens is 362 g/mol. The van der Waals surface area contributed by atoms with Crippen LogP contribution in [-0.2, 0) is 6.54 Å². The van der Waals surface area contributed by atoms with Crippen LogP contribution in [0.3, 0.4) is 0 Å². The van der Waals surface area contributed by atoms with E-state index in [1.807, 2.05) is 18.5 Å². The summed E-state index contributed by atoms with van der Waals surface area (Å²) in [7, 11) is 0. The number of amides is 1. The Bertz CT molecular complexity index is 1020. The van der Waals surface area contributed by atoms with Crippen LogP contribution in [0.4, 0.5) is 0 Å². The summed E-state index contributed by atoms with van der Waals surface area (Å²) in [5, 5.41) is 11.4. The Kier molecular flexibility index (Phi) is 5.02. The zero-order valence-corrected chi connectivity index (χ0v) is 16.7. The lowest BCUT2D eigenvalue weighted by atomic mass is 9.95. The number of carbonyl (C=O) groups excluding carboxylic acids is 1. The number of rotatable bonds is 5. The fraction of sp³-hybridized carbons (Fsp3) is 0.435. The number of nitrogens with one attached hydrogen (secondary N) is 2.